The summed E-state index contributed by atoms with van der Waals surface area (Å²) in [6.45, 7) is 3.04. The smallest absolute Gasteiger partial charge is 0.315 e. The number of carbonyl (C=O) groups excluding carboxylic acids is 1. The van der Waals surface area contributed by atoms with Crippen molar-refractivity contribution in [3.8, 4) is 11.1 Å². The fourth-order valence-electron chi connectivity index (χ4n) is 5.45. The molecule has 9 nitrogen and oxygen atoms in total. The van der Waals surface area contributed by atoms with Crippen LogP contribution in [0.1, 0.15) is 47.1 Å². The molecule has 0 saturated carbocycles. The van der Waals surface area contributed by atoms with Crippen LogP contribution in [0.25, 0.3) is 11.1 Å². The van der Waals surface area contributed by atoms with Crippen molar-refractivity contribution >= 4 is 17.8 Å². The number of aromatic amines is 1. The van der Waals surface area contributed by atoms with Gasteiger partial charge in [0.05, 0.1) is 18.8 Å². The van der Waals surface area contributed by atoms with Crippen molar-refractivity contribution in [1.29, 1.82) is 0 Å². The molecule has 2 amide bonds. The maximum atomic E-state index is 12.4. The van der Waals surface area contributed by atoms with E-state index in [1.807, 2.05) is 78.9 Å². The predicted octanol–water partition coefficient (Wildman–Crippen LogP) is 6.55. The number of aliphatic hydroxyl groups is 1. The molecule has 1 saturated heterocycles. The first-order chi connectivity index (χ1) is 22.6. The molecule has 2 heterocycles. The highest BCUT2D eigenvalue weighted by molar-refractivity contribution is 7.99. The highest BCUT2D eigenvalue weighted by Gasteiger charge is 2.38. The standard InChI is InChI=1S/C36H37N5O4S/c1-24-32(22-46-36-39-23-40-41-36)44-34(45-33(24)29-12-10-26(21-42)11-13-29)30-16-14-28(15-17-30)31-9-5-8-27(18-31)20-38-35(43)37-19-25-6-3-2-4-7-25/h2-18,23-24,32-34,42H,19-22H2,1H3,(H2,37,38,43)(H,39,40,41)/t24-,32+,33+,34+/m0/s1. The van der Waals surface area contributed by atoms with E-state index in [-0.39, 0.29) is 30.8 Å². The molecule has 0 bridgehead atoms. The number of aromatic nitrogens is 3. The quantitative estimate of drug-likeness (QED) is 0.122. The van der Waals surface area contributed by atoms with Crippen LogP contribution in [0.4, 0.5) is 4.79 Å². The molecule has 0 aliphatic carbocycles. The molecule has 1 aliphatic heterocycles. The SMILES string of the molecule is C[C@H]1[C@@H](CSc2ncn[nH]2)O[C@@H](c2ccc(-c3cccc(CNC(=O)NCc4ccccc4)c3)cc2)O[C@H]1c1ccc(CO)cc1. The third-order valence-corrected chi connectivity index (χ3v) is 9.06. The van der Waals surface area contributed by atoms with Crippen molar-refractivity contribution in [2.75, 3.05) is 5.75 Å². The van der Waals surface area contributed by atoms with E-state index in [9.17, 15) is 9.90 Å². The maximum absolute atomic E-state index is 12.4. The first kappa shape index (κ1) is 31.5. The van der Waals surface area contributed by atoms with E-state index in [1.54, 1.807) is 11.8 Å². The van der Waals surface area contributed by atoms with Crippen LogP contribution in [0.15, 0.2) is 115 Å². The molecule has 1 aliphatic rings. The molecule has 4 aromatic carbocycles. The van der Waals surface area contributed by atoms with Gasteiger partial charge in [-0.05, 0) is 39.4 Å². The van der Waals surface area contributed by atoms with Crippen LogP contribution in [0.3, 0.4) is 0 Å². The summed E-state index contributed by atoms with van der Waals surface area (Å²) in [6, 6.07) is 33.9. The largest absolute Gasteiger partial charge is 0.392 e. The number of carbonyl (C=O) groups is 1. The maximum Gasteiger partial charge on any atom is 0.315 e. The summed E-state index contributed by atoms with van der Waals surface area (Å²) in [7, 11) is 0. The number of ether oxygens (including phenoxy) is 2. The average Bonchev–Trinajstić information content (AvgIpc) is 3.64. The second-order valence-corrected chi connectivity index (χ2v) is 12.3. The summed E-state index contributed by atoms with van der Waals surface area (Å²) >= 11 is 1.57. The Morgan fingerprint density at radius 1 is 0.826 bits per heavy atom. The molecular formula is C36H37N5O4S. The number of nitrogens with one attached hydrogen (secondary N) is 3. The van der Waals surface area contributed by atoms with Crippen LogP contribution in [0.2, 0.25) is 0 Å². The van der Waals surface area contributed by atoms with Gasteiger partial charge in [0.2, 0.25) is 0 Å². The summed E-state index contributed by atoms with van der Waals surface area (Å²) in [4.78, 5) is 16.6. The van der Waals surface area contributed by atoms with Gasteiger partial charge in [0.1, 0.15) is 6.33 Å². The molecule has 46 heavy (non-hydrogen) atoms. The lowest BCUT2D eigenvalue weighted by Gasteiger charge is -2.41. The van der Waals surface area contributed by atoms with E-state index in [1.165, 1.54) is 6.33 Å². The van der Waals surface area contributed by atoms with Crippen LogP contribution < -0.4 is 10.6 Å². The van der Waals surface area contributed by atoms with Gasteiger partial charge in [0.15, 0.2) is 11.4 Å². The lowest BCUT2D eigenvalue weighted by molar-refractivity contribution is -0.268. The molecule has 0 spiro atoms. The summed E-state index contributed by atoms with van der Waals surface area (Å²) in [6.07, 6.45) is 0.645. The predicted molar refractivity (Wildman–Crippen MR) is 177 cm³/mol. The molecular weight excluding hydrogens is 598 g/mol. The first-order valence-corrected chi connectivity index (χ1v) is 16.3. The van der Waals surface area contributed by atoms with Gasteiger partial charge in [-0.1, -0.05) is 116 Å². The monoisotopic (exact) mass is 635 g/mol. The summed E-state index contributed by atoms with van der Waals surface area (Å²) in [5.41, 5.74) is 6.99. The van der Waals surface area contributed by atoms with Crippen LogP contribution >= 0.6 is 11.8 Å². The molecule has 0 radical (unpaired) electrons. The van der Waals surface area contributed by atoms with Gasteiger partial charge < -0.3 is 25.2 Å². The van der Waals surface area contributed by atoms with E-state index in [2.05, 4.69) is 57.0 Å². The van der Waals surface area contributed by atoms with E-state index in [0.29, 0.717) is 18.8 Å². The number of H-pyrrole nitrogens is 1. The first-order valence-electron chi connectivity index (χ1n) is 15.3. The van der Waals surface area contributed by atoms with Crippen LogP contribution in [0, 0.1) is 5.92 Å². The van der Waals surface area contributed by atoms with Crippen molar-refractivity contribution in [3.05, 3.63) is 137 Å². The van der Waals surface area contributed by atoms with E-state index < -0.39 is 6.29 Å². The normalized spacial score (nSPS) is 19.4. The van der Waals surface area contributed by atoms with Gasteiger partial charge in [0.25, 0.3) is 0 Å². The zero-order valence-corrected chi connectivity index (χ0v) is 26.3. The van der Waals surface area contributed by atoms with Gasteiger partial charge in [0, 0.05) is 30.3 Å². The van der Waals surface area contributed by atoms with Crippen LogP contribution in [-0.4, -0.2) is 38.2 Å². The van der Waals surface area contributed by atoms with Crippen molar-refractivity contribution in [1.82, 2.24) is 25.8 Å². The fourth-order valence-corrected chi connectivity index (χ4v) is 6.39. The Morgan fingerprint density at radius 2 is 1.54 bits per heavy atom. The molecule has 10 heteroatoms. The zero-order chi connectivity index (χ0) is 31.7. The van der Waals surface area contributed by atoms with Gasteiger partial charge in [-0.3, -0.25) is 5.10 Å². The minimum atomic E-state index is -0.557. The highest BCUT2D eigenvalue weighted by Crippen LogP contribution is 2.43. The number of hydrogen-bond donors (Lipinski definition) is 4. The zero-order valence-electron chi connectivity index (χ0n) is 25.5. The number of nitrogens with zero attached hydrogens (tertiary/aromatic N) is 2. The molecule has 1 fully saturated rings. The summed E-state index contributed by atoms with van der Waals surface area (Å²) < 4.78 is 13.2. The molecule has 1 aromatic heterocycles. The lowest BCUT2D eigenvalue weighted by atomic mass is 9.91. The number of hydrogen-bond acceptors (Lipinski definition) is 7. The fraction of sp³-hybridized carbons (Fsp3) is 0.250. The third kappa shape index (κ3) is 8.02. The Balaban J connectivity index is 1.12. The Hall–Kier alpha value is -4.48. The Bertz CT molecular complexity index is 1680. The second kappa shape index (κ2) is 15.2. The van der Waals surface area contributed by atoms with Gasteiger partial charge >= 0.3 is 6.03 Å². The Morgan fingerprint density at radius 3 is 2.26 bits per heavy atom. The molecule has 4 N–H and O–H groups in total. The molecule has 4 atom stereocenters. The van der Waals surface area contributed by atoms with Gasteiger partial charge in [-0.2, -0.15) is 5.10 Å². The topological polar surface area (TPSA) is 121 Å². The van der Waals surface area contributed by atoms with Crippen LogP contribution in [-0.2, 0) is 29.2 Å². The van der Waals surface area contributed by atoms with Crippen molar-refractivity contribution in [2.45, 2.75) is 50.3 Å². The van der Waals surface area contributed by atoms with Gasteiger partial charge in [-0.15, -0.1) is 0 Å². The highest BCUT2D eigenvalue weighted by atomic mass is 32.2. The van der Waals surface area contributed by atoms with E-state index >= 15 is 0 Å². The number of urea groups is 1. The molecule has 0 unspecified atom stereocenters. The second-order valence-electron chi connectivity index (χ2n) is 11.3. The Kier molecular flexibility index (Phi) is 10.4. The molecule has 6 rings (SSSR count). The van der Waals surface area contributed by atoms with Crippen molar-refractivity contribution in [2.24, 2.45) is 5.92 Å². The minimum absolute atomic E-state index is 0.000598. The van der Waals surface area contributed by atoms with E-state index in [4.69, 9.17) is 9.47 Å². The van der Waals surface area contributed by atoms with Crippen molar-refractivity contribution < 1.29 is 19.4 Å². The lowest BCUT2D eigenvalue weighted by Crippen LogP contribution is -2.38. The Labute approximate surface area is 272 Å². The number of rotatable bonds is 11. The van der Waals surface area contributed by atoms with Crippen LogP contribution in [0.5, 0.6) is 0 Å². The average molecular weight is 636 g/mol. The van der Waals surface area contributed by atoms with E-state index in [0.717, 1.165) is 44.1 Å². The number of thioether (sulfide) groups is 1. The number of amides is 2. The third-order valence-electron chi connectivity index (χ3n) is 8.09. The van der Waals surface area contributed by atoms with Crippen molar-refractivity contribution in [3.63, 3.8) is 0 Å². The van der Waals surface area contributed by atoms with Gasteiger partial charge in [-0.25, -0.2) is 9.78 Å². The number of aliphatic hydroxyl groups excluding tert-OH is 1. The summed E-state index contributed by atoms with van der Waals surface area (Å²) in [5.74, 6) is 0.757. The number of benzene rings is 4. The molecule has 5 aromatic rings. The molecule has 236 valence electrons. The summed E-state index contributed by atoms with van der Waals surface area (Å²) in [5, 5.41) is 23.0. The minimum Gasteiger partial charge on any atom is -0.392 e.